The van der Waals surface area contributed by atoms with Gasteiger partial charge in [-0.05, 0) is 73.3 Å². The first-order chi connectivity index (χ1) is 13.1. The molecule has 0 fully saturated rings. The van der Waals surface area contributed by atoms with E-state index in [2.05, 4.69) is 90.5 Å². The van der Waals surface area contributed by atoms with E-state index in [-0.39, 0.29) is 0 Å². The third kappa shape index (κ3) is 5.94. The van der Waals surface area contributed by atoms with Gasteiger partial charge in [0.15, 0.2) is 0 Å². The smallest absolute Gasteiger partial charge is 0.0234 e. The molecular weight excluding hydrogens is 392 g/mol. The minimum Gasteiger partial charge on any atom is -0.0833 e. The van der Waals surface area contributed by atoms with E-state index >= 15 is 0 Å². The summed E-state index contributed by atoms with van der Waals surface area (Å²) in [6, 6.07) is 15.5. The Morgan fingerprint density at radius 3 is 2.37 bits per heavy atom. The zero-order valence-electron chi connectivity index (χ0n) is 16.7. The highest BCUT2D eigenvalue weighted by atomic mass is 79.9. The van der Waals surface area contributed by atoms with Gasteiger partial charge in [0.05, 0.1) is 0 Å². The molecule has 3 rings (SSSR count). The van der Waals surface area contributed by atoms with Gasteiger partial charge in [0.25, 0.3) is 0 Å². The third-order valence-electron chi connectivity index (χ3n) is 5.55. The Kier molecular flexibility index (Phi) is 7.52. The predicted octanol–water partition coefficient (Wildman–Crippen LogP) is 8.22. The van der Waals surface area contributed by atoms with E-state index in [4.69, 9.17) is 0 Å². The van der Waals surface area contributed by atoms with Gasteiger partial charge in [-0.3, -0.25) is 0 Å². The monoisotopic (exact) mass is 422 g/mol. The summed E-state index contributed by atoms with van der Waals surface area (Å²) in [6.07, 6.45) is 16.3. The van der Waals surface area contributed by atoms with Crippen LogP contribution >= 0.6 is 15.9 Å². The molecule has 0 heterocycles. The lowest BCUT2D eigenvalue weighted by molar-refractivity contribution is 0.527. The van der Waals surface area contributed by atoms with Crippen LogP contribution in [0.5, 0.6) is 0 Å². The number of rotatable bonds is 8. The van der Waals surface area contributed by atoms with Crippen molar-refractivity contribution in [1.29, 1.82) is 0 Å². The number of aryl methyl sites for hydroxylation is 3. The highest BCUT2D eigenvalue weighted by Gasteiger charge is 2.12. The SMILES string of the molecule is Cc1cc(C2=CC(CCCCCCc3ccccc3)CC=C2)cc(C)c1Br. The molecule has 1 atom stereocenters. The van der Waals surface area contributed by atoms with Crippen molar-refractivity contribution in [3.05, 3.63) is 87.4 Å². The van der Waals surface area contributed by atoms with Crippen LogP contribution in [0.15, 0.2) is 65.2 Å². The van der Waals surface area contributed by atoms with Crippen LogP contribution in [0, 0.1) is 19.8 Å². The highest BCUT2D eigenvalue weighted by Crippen LogP contribution is 2.31. The molecular formula is C26H31Br. The number of hydrogen-bond acceptors (Lipinski definition) is 0. The van der Waals surface area contributed by atoms with Gasteiger partial charge in [0, 0.05) is 4.47 Å². The summed E-state index contributed by atoms with van der Waals surface area (Å²) in [5, 5.41) is 0. The van der Waals surface area contributed by atoms with Crippen molar-refractivity contribution in [3.8, 4) is 0 Å². The van der Waals surface area contributed by atoms with E-state index in [9.17, 15) is 0 Å². The number of allylic oxidation sites excluding steroid dienone is 4. The van der Waals surface area contributed by atoms with Gasteiger partial charge >= 0.3 is 0 Å². The summed E-state index contributed by atoms with van der Waals surface area (Å²) in [6.45, 7) is 4.36. The molecule has 0 N–H and O–H groups in total. The van der Waals surface area contributed by atoms with E-state index < -0.39 is 0 Å². The van der Waals surface area contributed by atoms with Crippen molar-refractivity contribution < 1.29 is 0 Å². The van der Waals surface area contributed by atoms with Crippen LogP contribution < -0.4 is 0 Å². The van der Waals surface area contributed by atoms with Gasteiger partial charge in [-0.1, -0.05) is 95.9 Å². The maximum absolute atomic E-state index is 3.68. The molecule has 0 bridgehead atoms. The molecule has 1 aliphatic rings. The Hall–Kier alpha value is -1.60. The molecule has 0 aliphatic heterocycles. The first kappa shape index (κ1) is 20.1. The van der Waals surface area contributed by atoms with Gasteiger partial charge in [-0.25, -0.2) is 0 Å². The Morgan fingerprint density at radius 2 is 1.63 bits per heavy atom. The largest absolute Gasteiger partial charge is 0.0833 e. The Labute approximate surface area is 173 Å². The minimum absolute atomic E-state index is 0.698. The first-order valence-electron chi connectivity index (χ1n) is 10.3. The lowest BCUT2D eigenvalue weighted by atomic mass is 9.88. The zero-order chi connectivity index (χ0) is 19.1. The maximum atomic E-state index is 3.68. The van der Waals surface area contributed by atoms with E-state index in [0.717, 1.165) is 0 Å². The molecule has 0 aromatic heterocycles. The van der Waals surface area contributed by atoms with Crippen LogP contribution in [0.3, 0.4) is 0 Å². The van der Waals surface area contributed by atoms with Crippen molar-refractivity contribution in [2.75, 3.05) is 0 Å². The minimum atomic E-state index is 0.698. The van der Waals surface area contributed by atoms with Crippen LogP contribution in [-0.2, 0) is 6.42 Å². The standard InChI is InChI=1S/C26H31Br/c1-20-17-25(18-21(2)26(20)27)24-16-10-15-23(19-24)14-7-4-3-6-11-22-12-8-5-9-13-22/h5,8-10,12-13,16-19,23H,3-4,6-7,11,14-15H2,1-2H3. The summed E-state index contributed by atoms with van der Waals surface area (Å²) >= 11 is 3.68. The Morgan fingerprint density at radius 1 is 0.926 bits per heavy atom. The van der Waals surface area contributed by atoms with E-state index in [1.165, 1.54) is 77.2 Å². The predicted molar refractivity (Wildman–Crippen MR) is 122 cm³/mol. The van der Waals surface area contributed by atoms with Crippen LogP contribution in [0.25, 0.3) is 5.57 Å². The lowest BCUT2D eigenvalue weighted by Crippen LogP contribution is -2.01. The van der Waals surface area contributed by atoms with Crippen molar-refractivity contribution in [2.24, 2.45) is 5.92 Å². The summed E-state index contributed by atoms with van der Waals surface area (Å²) in [7, 11) is 0. The second kappa shape index (κ2) is 10.1. The van der Waals surface area contributed by atoms with E-state index in [0.29, 0.717) is 5.92 Å². The van der Waals surface area contributed by atoms with E-state index in [1.54, 1.807) is 0 Å². The van der Waals surface area contributed by atoms with Crippen molar-refractivity contribution >= 4 is 21.5 Å². The number of benzene rings is 2. The first-order valence-corrected chi connectivity index (χ1v) is 11.1. The topological polar surface area (TPSA) is 0 Å². The van der Waals surface area contributed by atoms with Crippen molar-refractivity contribution in [1.82, 2.24) is 0 Å². The Bertz CT molecular complexity index is 775. The second-order valence-electron chi connectivity index (χ2n) is 7.88. The zero-order valence-corrected chi connectivity index (χ0v) is 18.3. The molecule has 0 amide bonds. The number of halogens is 1. The average Bonchev–Trinajstić information content (AvgIpc) is 2.69. The summed E-state index contributed by atoms with van der Waals surface area (Å²) in [4.78, 5) is 0. The van der Waals surface area contributed by atoms with Crippen molar-refractivity contribution in [2.45, 2.75) is 58.8 Å². The fraction of sp³-hybridized carbons (Fsp3) is 0.385. The van der Waals surface area contributed by atoms with Crippen LogP contribution in [0.1, 0.15) is 60.8 Å². The normalized spacial score (nSPS) is 16.4. The van der Waals surface area contributed by atoms with Gasteiger partial charge in [-0.2, -0.15) is 0 Å². The van der Waals surface area contributed by atoms with Gasteiger partial charge in [0.1, 0.15) is 0 Å². The van der Waals surface area contributed by atoms with Crippen LogP contribution in [0.4, 0.5) is 0 Å². The molecule has 0 saturated carbocycles. The highest BCUT2D eigenvalue weighted by molar-refractivity contribution is 9.10. The molecule has 1 aliphatic carbocycles. The molecule has 0 nitrogen and oxygen atoms in total. The fourth-order valence-electron chi connectivity index (χ4n) is 3.99. The van der Waals surface area contributed by atoms with E-state index in [1.807, 2.05) is 0 Å². The molecule has 1 unspecified atom stereocenters. The summed E-state index contributed by atoms with van der Waals surface area (Å²) in [5.41, 5.74) is 6.87. The third-order valence-corrected chi connectivity index (χ3v) is 6.81. The molecule has 27 heavy (non-hydrogen) atoms. The molecule has 1 heteroatoms. The molecule has 2 aromatic carbocycles. The molecule has 0 radical (unpaired) electrons. The van der Waals surface area contributed by atoms with Gasteiger partial charge in [0.2, 0.25) is 0 Å². The fourth-order valence-corrected chi connectivity index (χ4v) is 4.22. The lowest BCUT2D eigenvalue weighted by Gasteiger charge is -2.18. The maximum Gasteiger partial charge on any atom is 0.0234 e. The molecule has 0 spiro atoms. The van der Waals surface area contributed by atoms with Gasteiger partial charge in [-0.15, -0.1) is 0 Å². The molecule has 0 saturated heterocycles. The summed E-state index contributed by atoms with van der Waals surface area (Å²) in [5.74, 6) is 0.698. The van der Waals surface area contributed by atoms with Gasteiger partial charge < -0.3 is 0 Å². The quantitative estimate of drug-likeness (QED) is 0.375. The number of hydrogen-bond donors (Lipinski definition) is 0. The van der Waals surface area contributed by atoms with Crippen LogP contribution in [0.2, 0.25) is 0 Å². The van der Waals surface area contributed by atoms with Crippen molar-refractivity contribution in [3.63, 3.8) is 0 Å². The molecule has 2 aromatic rings. The molecule has 142 valence electrons. The Balaban J connectivity index is 1.45. The summed E-state index contributed by atoms with van der Waals surface area (Å²) < 4.78 is 1.23. The second-order valence-corrected chi connectivity index (χ2v) is 8.68. The van der Waals surface area contributed by atoms with Crippen LogP contribution in [-0.4, -0.2) is 0 Å². The number of unbranched alkanes of at least 4 members (excludes halogenated alkanes) is 3. The average molecular weight is 423 g/mol.